The number of rotatable bonds is 4. The SMILES string of the molecule is COc1ccc(Cl)cc1NC(=O)c1cnc(N2CCC(C)CC2)nc1C. The summed E-state index contributed by atoms with van der Waals surface area (Å²) in [5.74, 6) is 1.68. The largest absolute Gasteiger partial charge is 0.495 e. The Morgan fingerprint density at radius 3 is 2.73 bits per heavy atom. The number of piperidine rings is 1. The molecule has 138 valence electrons. The molecule has 1 amide bonds. The van der Waals surface area contributed by atoms with Crippen molar-refractivity contribution in [3.8, 4) is 5.75 Å². The molecule has 1 aliphatic rings. The van der Waals surface area contributed by atoms with Gasteiger partial charge in [-0.05, 0) is 43.9 Å². The molecular weight excluding hydrogens is 352 g/mol. The van der Waals surface area contributed by atoms with Gasteiger partial charge in [0.25, 0.3) is 5.91 Å². The van der Waals surface area contributed by atoms with Gasteiger partial charge in [-0.1, -0.05) is 18.5 Å². The van der Waals surface area contributed by atoms with Gasteiger partial charge in [0.2, 0.25) is 5.95 Å². The molecule has 0 atom stereocenters. The Kier molecular flexibility index (Phi) is 5.61. The molecule has 0 unspecified atom stereocenters. The standard InChI is InChI=1S/C19H23ClN4O2/c1-12-6-8-24(9-7-12)19-21-11-15(13(2)22-19)18(25)23-16-10-14(20)4-5-17(16)26-3/h4-5,10-12H,6-9H2,1-3H3,(H,23,25). The van der Waals surface area contributed by atoms with Gasteiger partial charge in [-0.25, -0.2) is 9.97 Å². The van der Waals surface area contributed by atoms with Crippen LogP contribution in [0.15, 0.2) is 24.4 Å². The second-order valence-corrected chi connectivity index (χ2v) is 7.07. The first-order chi connectivity index (χ1) is 12.5. The highest BCUT2D eigenvalue weighted by Gasteiger charge is 2.20. The molecule has 2 heterocycles. The van der Waals surface area contributed by atoms with E-state index in [-0.39, 0.29) is 5.91 Å². The molecule has 1 aromatic carbocycles. The minimum absolute atomic E-state index is 0.290. The van der Waals surface area contributed by atoms with E-state index in [2.05, 4.69) is 27.1 Å². The van der Waals surface area contributed by atoms with Crippen LogP contribution >= 0.6 is 11.6 Å². The quantitative estimate of drug-likeness (QED) is 0.878. The minimum atomic E-state index is -0.290. The number of aromatic nitrogens is 2. The zero-order valence-corrected chi connectivity index (χ0v) is 16.0. The number of hydrogen-bond acceptors (Lipinski definition) is 5. The summed E-state index contributed by atoms with van der Waals surface area (Å²) in [5, 5.41) is 3.34. The maximum absolute atomic E-state index is 12.6. The molecule has 0 spiro atoms. The summed E-state index contributed by atoms with van der Waals surface area (Å²) >= 11 is 6.01. The second-order valence-electron chi connectivity index (χ2n) is 6.64. The molecule has 1 fully saturated rings. The fraction of sp³-hybridized carbons (Fsp3) is 0.421. The third kappa shape index (κ3) is 4.07. The number of hydrogen-bond donors (Lipinski definition) is 1. The zero-order valence-electron chi connectivity index (χ0n) is 15.3. The number of amides is 1. The van der Waals surface area contributed by atoms with Gasteiger partial charge in [-0.3, -0.25) is 4.79 Å². The Bertz CT molecular complexity index is 804. The Balaban J connectivity index is 1.77. The van der Waals surface area contributed by atoms with Gasteiger partial charge in [0.1, 0.15) is 5.75 Å². The molecule has 1 aromatic heterocycles. The number of methoxy groups -OCH3 is 1. The van der Waals surface area contributed by atoms with E-state index in [1.54, 1.807) is 31.5 Å². The second kappa shape index (κ2) is 7.91. The molecule has 26 heavy (non-hydrogen) atoms. The molecule has 0 bridgehead atoms. The molecule has 0 saturated carbocycles. The molecule has 3 rings (SSSR count). The molecule has 1 saturated heterocycles. The molecule has 6 nitrogen and oxygen atoms in total. The number of anilines is 2. The van der Waals surface area contributed by atoms with E-state index < -0.39 is 0 Å². The first-order valence-corrected chi connectivity index (χ1v) is 9.09. The smallest absolute Gasteiger partial charge is 0.259 e. The van der Waals surface area contributed by atoms with Crippen molar-refractivity contribution in [3.05, 3.63) is 40.7 Å². The zero-order chi connectivity index (χ0) is 18.7. The van der Waals surface area contributed by atoms with E-state index in [0.29, 0.717) is 33.7 Å². The number of benzene rings is 1. The highest BCUT2D eigenvalue weighted by molar-refractivity contribution is 6.31. The monoisotopic (exact) mass is 374 g/mol. The van der Waals surface area contributed by atoms with E-state index in [9.17, 15) is 4.79 Å². The number of nitrogens with one attached hydrogen (secondary N) is 1. The van der Waals surface area contributed by atoms with E-state index >= 15 is 0 Å². The van der Waals surface area contributed by atoms with Crippen LogP contribution in [0.4, 0.5) is 11.6 Å². The highest BCUT2D eigenvalue weighted by Crippen LogP contribution is 2.28. The van der Waals surface area contributed by atoms with Gasteiger partial charge in [0.05, 0.1) is 24.1 Å². The minimum Gasteiger partial charge on any atom is -0.495 e. The lowest BCUT2D eigenvalue weighted by Gasteiger charge is -2.30. The molecule has 1 N–H and O–H groups in total. The number of halogens is 1. The van der Waals surface area contributed by atoms with Crippen LogP contribution in [-0.4, -0.2) is 36.1 Å². The summed E-state index contributed by atoms with van der Waals surface area (Å²) in [5.41, 5.74) is 1.59. The van der Waals surface area contributed by atoms with Crippen molar-refractivity contribution >= 4 is 29.1 Å². The van der Waals surface area contributed by atoms with E-state index in [1.165, 1.54) is 0 Å². The molecule has 7 heteroatoms. The summed E-state index contributed by atoms with van der Waals surface area (Å²) in [6.45, 7) is 5.99. The van der Waals surface area contributed by atoms with E-state index in [0.717, 1.165) is 31.8 Å². The number of carbonyl (C=O) groups excluding carboxylic acids is 1. The fourth-order valence-corrected chi connectivity index (χ4v) is 3.18. The van der Waals surface area contributed by atoms with Crippen LogP contribution in [0, 0.1) is 12.8 Å². The number of aryl methyl sites for hydroxylation is 1. The Morgan fingerprint density at radius 1 is 1.35 bits per heavy atom. The van der Waals surface area contributed by atoms with Gasteiger partial charge in [-0.15, -0.1) is 0 Å². The maximum Gasteiger partial charge on any atom is 0.259 e. The Labute approximate surface area is 158 Å². The third-order valence-corrected chi connectivity index (χ3v) is 4.92. The lowest BCUT2D eigenvalue weighted by molar-refractivity contribution is 0.102. The van der Waals surface area contributed by atoms with Crippen molar-refractivity contribution in [3.63, 3.8) is 0 Å². The first kappa shape index (κ1) is 18.5. The van der Waals surface area contributed by atoms with Gasteiger partial charge in [0.15, 0.2) is 0 Å². The van der Waals surface area contributed by atoms with Crippen molar-refractivity contribution in [2.45, 2.75) is 26.7 Å². The van der Waals surface area contributed by atoms with Gasteiger partial charge in [-0.2, -0.15) is 0 Å². The molecule has 2 aromatic rings. The van der Waals surface area contributed by atoms with Crippen LogP contribution in [0.1, 0.15) is 35.8 Å². The van der Waals surface area contributed by atoms with Crippen molar-refractivity contribution in [2.24, 2.45) is 5.92 Å². The Hall–Kier alpha value is -2.34. The lowest BCUT2D eigenvalue weighted by Crippen LogP contribution is -2.34. The normalized spacial score (nSPS) is 15.0. The lowest BCUT2D eigenvalue weighted by atomic mass is 10.00. The van der Waals surface area contributed by atoms with Gasteiger partial charge >= 0.3 is 0 Å². The molecular formula is C19H23ClN4O2. The predicted molar refractivity (Wildman–Crippen MR) is 103 cm³/mol. The highest BCUT2D eigenvalue weighted by atomic mass is 35.5. The average molecular weight is 375 g/mol. The van der Waals surface area contributed by atoms with Crippen LogP contribution in [0.3, 0.4) is 0 Å². The van der Waals surface area contributed by atoms with Gasteiger partial charge in [0, 0.05) is 24.3 Å². The van der Waals surface area contributed by atoms with Crippen LogP contribution in [0.25, 0.3) is 0 Å². The van der Waals surface area contributed by atoms with Crippen molar-refractivity contribution in [2.75, 3.05) is 30.4 Å². The molecule has 0 aliphatic carbocycles. The van der Waals surface area contributed by atoms with Crippen molar-refractivity contribution in [1.82, 2.24) is 9.97 Å². The summed E-state index contributed by atoms with van der Waals surface area (Å²) in [6.07, 6.45) is 3.86. The average Bonchev–Trinajstić information content (AvgIpc) is 2.62. The van der Waals surface area contributed by atoms with E-state index in [1.807, 2.05) is 6.92 Å². The maximum atomic E-state index is 12.6. The number of ether oxygens (including phenoxy) is 1. The van der Waals surface area contributed by atoms with Gasteiger partial charge < -0.3 is 15.0 Å². The summed E-state index contributed by atoms with van der Waals surface area (Å²) in [6, 6.07) is 5.07. The topological polar surface area (TPSA) is 67.3 Å². The summed E-state index contributed by atoms with van der Waals surface area (Å²) < 4.78 is 5.26. The fourth-order valence-electron chi connectivity index (χ4n) is 3.01. The third-order valence-electron chi connectivity index (χ3n) is 4.69. The first-order valence-electron chi connectivity index (χ1n) is 8.71. The van der Waals surface area contributed by atoms with E-state index in [4.69, 9.17) is 16.3 Å². The van der Waals surface area contributed by atoms with Crippen LogP contribution < -0.4 is 15.0 Å². The van der Waals surface area contributed by atoms with Crippen LogP contribution in [0.5, 0.6) is 5.75 Å². The van der Waals surface area contributed by atoms with Crippen molar-refractivity contribution in [1.29, 1.82) is 0 Å². The summed E-state index contributed by atoms with van der Waals surface area (Å²) in [7, 11) is 1.54. The Morgan fingerprint density at radius 2 is 2.08 bits per heavy atom. The van der Waals surface area contributed by atoms with Crippen LogP contribution in [-0.2, 0) is 0 Å². The molecule has 1 aliphatic heterocycles. The summed E-state index contributed by atoms with van der Waals surface area (Å²) in [4.78, 5) is 23.8. The molecule has 0 radical (unpaired) electrons. The number of nitrogens with zero attached hydrogens (tertiary/aromatic N) is 3. The number of carbonyl (C=O) groups is 1. The predicted octanol–water partition coefficient (Wildman–Crippen LogP) is 3.94. The van der Waals surface area contributed by atoms with Crippen LogP contribution in [0.2, 0.25) is 5.02 Å². The van der Waals surface area contributed by atoms with Crippen molar-refractivity contribution < 1.29 is 9.53 Å².